The number of hydrogen-bond acceptors (Lipinski definition) is 3. The molecule has 1 aromatic heterocycles. The number of nitrogens with zero attached hydrogens (tertiary/aromatic N) is 2. The number of aliphatic imine (C=N–C) groups is 1. The summed E-state index contributed by atoms with van der Waals surface area (Å²) >= 11 is 0. The van der Waals surface area contributed by atoms with E-state index < -0.39 is 12.8 Å². The number of hydrogen-bond donors (Lipinski definition) is 2. The second-order valence-electron chi connectivity index (χ2n) is 5.70. The van der Waals surface area contributed by atoms with Crippen LogP contribution in [-0.2, 0) is 13.0 Å². The number of benzene rings is 1. The maximum atomic E-state index is 12.4. The maximum absolute atomic E-state index is 12.4. The summed E-state index contributed by atoms with van der Waals surface area (Å²) in [5.74, 6) is 0.766. The Morgan fingerprint density at radius 1 is 1.11 bits per heavy atom. The van der Waals surface area contributed by atoms with Crippen molar-refractivity contribution in [1.82, 2.24) is 15.6 Å². The van der Waals surface area contributed by atoms with Gasteiger partial charge in [0.15, 0.2) is 12.6 Å². The van der Waals surface area contributed by atoms with Crippen molar-refractivity contribution in [2.75, 3.05) is 19.7 Å². The Balaban J connectivity index is 0.00000392. The summed E-state index contributed by atoms with van der Waals surface area (Å²) in [5, 5.41) is 6.31. The maximum Gasteiger partial charge on any atom is 0.422 e. The molecule has 0 atom stereocenters. The summed E-state index contributed by atoms with van der Waals surface area (Å²) in [7, 11) is 0. The fraction of sp³-hybridized carbons (Fsp3) is 0.368. The first-order valence-corrected chi connectivity index (χ1v) is 8.67. The van der Waals surface area contributed by atoms with Crippen LogP contribution >= 0.6 is 24.0 Å². The van der Waals surface area contributed by atoms with E-state index in [1.807, 2.05) is 25.1 Å². The van der Waals surface area contributed by atoms with Gasteiger partial charge in [-0.05, 0) is 25.1 Å². The molecule has 0 aliphatic carbocycles. The normalized spacial score (nSPS) is 11.5. The van der Waals surface area contributed by atoms with Crippen molar-refractivity contribution >= 4 is 29.9 Å². The number of alkyl halides is 3. The Kier molecular flexibility index (Phi) is 10.6. The van der Waals surface area contributed by atoms with E-state index in [9.17, 15) is 13.2 Å². The molecule has 0 fully saturated rings. The second-order valence-corrected chi connectivity index (χ2v) is 5.70. The molecular weight excluding hydrogens is 484 g/mol. The summed E-state index contributed by atoms with van der Waals surface area (Å²) in [4.78, 5) is 8.69. The van der Waals surface area contributed by atoms with E-state index in [1.54, 1.807) is 24.4 Å². The van der Waals surface area contributed by atoms with Gasteiger partial charge >= 0.3 is 6.18 Å². The largest absolute Gasteiger partial charge is 0.484 e. The minimum Gasteiger partial charge on any atom is -0.484 e. The molecule has 1 aromatic carbocycles. The molecule has 1 heterocycles. The molecule has 0 bridgehead atoms. The van der Waals surface area contributed by atoms with Crippen molar-refractivity contribution in [3.05, 3.63) is 59.9 Å². The predicted octanol–water partition coefficient (Wildman–Crippen LogP) is 3.94. The molecule has 2 rings (SSSR count). The monoisotopic (exact) mass is 508 g/mol. The van der Waals surface area contributed by atoms with E-state index in [0.29, 0.717) is 24.6 Å². The first kappa shape index (κ1) is 24.0. The van der Waals surface area contributed by atoms with Gasteiger partial charge < -0.3 is 15.4 Å². The van der Waals surface area contributed by atoms with Gasteiger partial charge in [-0.2, -0.15) is 13.2 Å². The Bertz CT molecular complexity index is 727. The van der Waals surface area contributed by atoms with Gasteiger partial charge in [-0.25, -0.2) is 4.99 Å². The Morgan fingerprint density at radius 3 is 2.54 bits per heavy atom. The topological polar surface area (TPSA) is 58.5 Å². The van der Waals surface area contributed by atoms with Crippen molar-refractivity contribution in [2.45, 2.75) is 26.1 Å². The lowest BCUT2D eigenvalue weighted by atomic mass is 10.2. The Labute approximate surface area is 179 Å². The molecule has 5 nitrogen and oxygen atoms in total. The number of pyridine rings is 1. The number of nitrogens with one attached hydrogen (secondary N) is 2. The molecular formula is C19H24F3IN4O. The van der Waals surface area contributed by atoms with E-state index in [0.717, 1.165) is 12.1 Å². The van der Waals surface area contributed by atoms with Crippen molar-refractivity contribution in [3.63, 3.8) is 0 Å². The SMILES string of the molecule is CCNC(=NCc1ccccc1OCC(F)(F)F)NCCc1ccccn1.I. The number of guanidine groups is 1. The van der Waals surface area contributed by atoms with Crippen LogP contribution in [0.3, 0.4) is 0 Å². The average molecular weight is 508 g/mol. The fourth-order valence-electron chi connectivity index (χ4n) is 2.30. The molecule has 0 saturated heterocycles. The standard InChI is InChI=1S/C19H23F3N4O.HI/c1-2-23-18(25-12-10-16-8-5-6-11-24-16)26-13-15-7-3-4-9-17(15)27-14-19(20,21)22;/h3-9,11H,2,10,12-14H2,1H3,(H2,23,25,26);1H. The van der Waals surface area contributed by atoms with E-state index in [4.69, 9.17) is 4.74 Å². The quantitative estimate of drug-likeness (QED) is 0.323. The van der Waals surface area contributed by atoms with Gasteiger partial charge in [0.25, 0.3) is 0 Å². The van der Waals surface area contributed by atoms with E-state index >= 15 is 0 Å². The van der Waals surface area contributed by atoms with Crippen LogP contribution in [0.2, 0.25) is 0 Å². The lowest BCUT2D eigenvalue weighted by molar-refractivity contribution is -0.153. The van der Waals surface area contributed by atoms with Crippen LogP contribution < -0.4 is 15.4 Å². The number of halogens is 4. The number of aromatic nitrogens is 1. The minimum atomic E-state index is -4.38. The van der Waals surface area contributed by atoms with Crippen molar-refractivity contribution in [3.8, 4) is 5.75 Å². The summed E-state index contributed by atoms with van der Waals surface area (Å²) < 4.78 is 42.1. The van der Waals surface area contributed by atoms with Crippen molar-refractivity contribution in [1.29, 1.82) is 0 Å². The summed E-state index contributed by atoms with van der Waals surface area (Å²) in [6.45, 7) is 2.12. The number of para-hydroxylation sites is 1. The molecule has 0 unspecified atom stereocenters. The highest BCUT2D eigenvalue weighted by Gasteiger charge is 2.28. The van der Waals surface area contributed by atoms with Gasteiger partial charge in [0, 0.05) is 37.0 Å². The third kappa shape index (κ3) is 9.25. The average Bonchev–Trinajstić information content (AvgIpc) is 2.65. The van der Waals surface area contributed by atoms with Crippen LogP contribution in [-0.4, -0.2) is 36.8 Å². The molecule has 2 N–H and O–H groups in total. The molecule has 0 saturated carbocycles. The van der Waals surface area contributed by atoms with Crippen LogP contribution in [0.25, 0.3) is 0 Å². The van der Waals surface area contributed by atoms with E-state index in [-0.39, 0.29) is 36.3 Å². The molecule has 9 heteroatoms. The number of rotatable bonds is 8. The van der Waals surface area contributed by atoms with E-state index in [2.05, 4.69) is 20.6 Å². The van der Waals surface area contributed by atoms with Gasteiger partial charge in [-0.3, -0.25) is 4.98 Å². The lowest BCUT2D eigenvalue weighted by Crippen LogP contribution is -2.38. The van der Waals surface area contributed by atoms with Crippen LogP contribution in [0.1, 0.15) is 18.2 Å². The summed E-state index contributed by atoms with van der Waals surface area (Å²) in [6, 6.07) is 12.3. The van der Waals surface area contributed by atoms with Crippen molar-refractivity contribution < 1.29 is 17.9 Å². The minimum absolute atomic E-state index is 0. The summed E-state index contributed by atoms with van der Waals surface area (Å²) in [6.07, 6.45) is -1.90. The third-order valence-electron chi connectivity index (χ3n) is 3.52. The van der Waals surface area contributed by atoms with Crippen LogP contribution in [0, 0.1) is 0 Å². The van der Waals surface area contributed by atoms with Gasteiger partial charge in [0.1, 0.15) is 5.75 Å². The zero-order valence-electron chi connectivity index (χ0n) is 15.5. The van der Waals surface area contributed by atoms with Gasteiger partial charge in [0.2, 0.25) is 0 Å². The first-order chi connectivity index (χ1) is 13.0. The highest BCUT2D eigenvalue weighted by Crippen LogP contribution is 2.22. The lowest BCUT2D eigenvalue weighted by Gasteiger charge is -2.14. The first-order valence-electron chi connectivity index (χ1n) is 8.67. The molecule has 2 aromatic rings. The Morgan fingerprint density at radius 2 is 1.86 bits per heavy atom. The molecule has 154 valence electrons. The van der Waals surface area contributed by atoms with Gasteiger partial charge in [0.05, 0.1) is 6.54 Å². The molecule has 0 amide bonds. The van der Waals surface area contributed by atoms with Crippen LogP contribution in [0.15, 0.2) is 53.7 Å². The second kappa shape index (κ2) is 12.4. The zero-order chi connectivity index (χ0) is 19.5. The van der Waals surface area contributed by atoms with Crippen LogP contribution in [0.4, 0.5) is 13.2 Å². The number of ether oxygens (including phenoxy) is 1. The molecule has 0 aliphatic rings. The van der Waals surface area contributed by atoms with Crippen LogP contribution in [0.5, 0.6) is 5.75 Å². The van der Waals surface area contributed by atoms with Crippen molar-refractivity contribution in [2.24, 2.45) is 4.99 Å². The van der Waals surface area contributed by atoms with Gasteiger partial charge in [-0.1, -0.05) is 24.3 Å². The predicted molar refractivity (Wildman–Crippen MR) is 114 cm³/mol. The summed E-state index contributed by atoms with van der Waals surface area (Å²) in [5.41, 5.74) is 1.55. The zero-order valence-corrected chi connectivity index (χ0v) is 17.8. The highest BCUT2D eigenvalue weighted by molar-refractivity contribution is 14.0. The smallest absolute Gasteiger partial charge is 0.422 e. The highest BCUT2D eigenvalue weighted by atomic mass is 127. The molecule has 0 spiro atoms. The van der Waals surface area contributed by atoms with E-state index in [1.165, 1.54) is 6.07 Å². The molecule has 28 heavy (non-hydrogen) atoms. The molecule has 0 radical (unpaired) electrons. The van der Waals surface area contributed by atoms with Gasteiger partial charge in [-0.15, -0.1) is 24.0 Å². The third-order valence-corrected chi connectivity index (χ3v) is 3.52. The Hall–Kier alpha value is -2.04. The fourth-order valence-corrected chi connectivity index (χ4v) is 2.30. The molecule has 0 aliphatic heterocycles.